The van der Waals surface area contributed by atoms with Crippen LogP contribution in [0.5, 0.6) is 17.2 Å². The molecule has 8 nitrogen and oxygen atoms in total. The largest absolute Gasteiger partial charge is 0.497 e. The minimum Gasteiger partial charge on any atom is -0.497 e. The molecule has 1 unspecified atom stereocenters. The van der Waals surface area contributed by atoms with Gasteiger partial charge in [-0.15, -0.1) is 10.2 Å². The Morgan fingerprint density at radius 1 is 1.09 bits per heavy atom. The second-order valence-corrected chi connectivity index (χ2v) is 8.86. The van der Waals surface area contributed by atoms with Crippen LogP contribution < -0.4 is 19.5 Å². The number of rotatable bonds is 8. The van der Waals surface area contributed by atoms with Gasteiger partial charge in [0.15, 0.2) is 11.5 Å². The Hall–Kier alpha value is -3.20. The van der Waals surface area contributed by atoms with Gasteiger partial charge < -0.3 is 23.9 Å². The number of thioether (sulfide) groups is 1. The minimum absolute atomic E-state index is 0.116. The number of hydrogen-bond donors (Lipinski definition) is 1. The molecule has 0 bridgehead atoms. The maximum Gasteiger partial charge on any atom is 0.277 e. The van der Waals surface area contributed by atoms with Crippen LogP contribution in [-0.4, -0.2) is 42.2 Å². The quantitative estimate of drug-likeness (QED) is 0.482. The van der Waals surface area contributed by atoms with E-state index in [1.165, 1.54) is 11.8 Å². The van der Waals surface area contributed by atoms with Crippen LogP contribution in [0.25, 0.3) is 11.5 Å². The summed E-state index contributed by atoms with van der Waals surface area (Å²) in [6, 6.07) is 13.0. The smallest absolute Gasteiger partial charge is 0.277 e. The molecular formula is C24H27N3O5S. The number of fused-ring (bicyclic) bond motifs is 1. The first-order chi connectivity index (χ1) is 16.0. The fourth-order valence-corrected chi connectivity index (χ4v) is 4.04. The molecule has 2 heterocycles. The van der Waals surface area contributed by atoms with E-state index in [0.717, 1.165) is 34.8 Å². The Bertz CT molecular complexity index is 1080. The number of amides is 1. The van der Waals surface area contributed by atoms with Crippen LogP contribution in [0, 0.1) is 5.92 Å². The van der Waals surface area contributed by atoms with E-state index >= 15 is 0 Å². The van der Waals surface area contributed by atoms with Gasteiger partial charge in [-0.05, 0) is 47.9 Å². The van der Waals surface area contributed by atoms with Gasteiger partial charge >= 0.3 is 0 Å². The maximum absolute atomic E-state index is 12.7. The van der Waals surface area contributed by atoms with Gasteiger partial charge in [0.1, 0.15) is 5.75 Å². The van der Waals surface area contributed by atoms with Crippen molar-refractivity contribution in [1.82, 2.24) is 15.5 Å². The van der Waals surface area contributed by atoms with Crippen LogP contribution in [0.15, 0.2) is 52.1 Å². The van der Waals surface area contributed by atoms with E-state index < -0.39 is 0 Å². The third-order valence-electron chi connectivity index (χ3n) is 5.18. The summed E-state index contributed by atoms with van der Waals surface area (Å²) in [7, 11) is 1.61. The number of nitrogens with zero attached hydrogens (tertiary/aromatic N) is 2. The van der Waals surface area contributed by atoms with E-state index in [4.69, 9.17) is 18.6 Å². The van der Waals surface area contributed by atoms with Crippen molar-refractivity contribution in [2.24, 2.45) is 5.92 Å². The number of aromatic nitrogens is 2. The summed E-state index contributed by atoms with van der Waals surface area (Å²) >= 11 is 1.20. The van der Waals surface area contributed by atoms with E-state index in [2.05, 4.69) is 29.4 Å². The highest BCUT2D eigenvalue weighted by Gasteiger charge is 2.22. The fraction of sp³-hybridized carbons (Fsp3) is 0.375. The zero-order valence-electron chi connectivity index (χ0n) is 18.9. The number of carbonyl (C=O) groups is 1. The molecule has 0 fully saturated rings. The van der Waals surface area contributed by atoms with Crippen LogP contribution in [0.3, 0.4) is 0 Å². The number of carbonyl (C=O) groups excluding carboxylic acids is 1. The zero-order valence-corrected chi connectivity index (χ0v) is 19.7. The van der Waals surface area contributed by atoms with E-state index in [9.17, 15) is 4.79 Å². The third-order valence-corrected chi connectivity index (χ3v) is 6.00. The van der Waals surface area contributed by atoms with Crippen molar-refractivity contribution >= 4 is 17.7 Å². The molecule has 0 saturated heterocycles. The highest BCUT2D eigenvalue weighted by Crippen LogP contribution is 2.34. The highest BCUT2D eigenvalue weighted by molar-refractivity contribution is 7.99. The minimum atomic E-state index is -0.159. The predicted octanol–water partition coefficient (Wildman–Crippen LogP) is 4.51. The lowest BCUT2D eigenvalue weighted by molar-refractivity contribution is -0.119. The number of nitrogens with one attached hydrogen (secondary N) is 1. The molecule has 1 aliphatic heterocycles. The molecule has 4 rings (SSSR count). The molecule has 9 heteroatoms. The Morgan fingerprint density at radius 3 is 2.58 bits per heavy atom. The maximum atomic E-state index is 12.7. The van der Waals surface area contributed by atoms with Crippen LogP contribution >= 0.6 is 11.8 Å². The Morgan fingerprint density at radius 2 is 1.85 bits per heavy atom. The summed E-state index contributed by atoms with van der Waals surface area (Å²) in [6.07, 6.45) is 0.849. The van der Waals surface area contributed by atoms with Gasteiger partial charge in [-0.1, -0.05) is 31.7 Å². The van der Waals surface area contributed by atoms with Gasteiger partial charge in [0.2, 0.25) is 11.8 Å². The Balaban J connectivity index is 1.37. The number of benzene rings is 2. The average molecular weight is 470 g/mol. The van der Waals surface area contributed by atoms with Crippen molar-refractivity contribution in [2.75, 3.05) is 26.1 Å². The van der Waals surface area contributed by atoms with Gasteiger partial charge in [0, 0.05) is 12.0 Å². The van der Waals surface area contributed by atoms with Crippen LogP contribution in [0.1, 0.15) is 31.9 Å². The first-order valence-corrected chi connectivity index (χ1v) is 11.8. The standard InChI is InChI=1S/C24H27N3O5S/c1-15(2)22(17-7-10-19-20(13-17)31-12-4-11-30-19)25-21(28)14-33-24-27-26-23(32-24)16-5-8-18(29-3)9-6-16/h5-10,13,15,22H,4,11-12,14H2,1-3H3,(H,25,28). The average Bonchev–Trinajstić information content (AvgIpc) is 3.18. The first kappa shape index (κ1) is 23.0. The van der Waals surface area contributed by atoms with Crippen LogP contribution in [-0.2, 0) is 4.79 Å². The van der Waals surface area contributed by atoms with Crippen molar-refractivity contribution in [3.8, 4) is 28.7 Å². The van der Waals surface area contributed by atoms with E-state index in [-0.39, 0.29) is 23.6 Å². The summed E-state index contributed by atoms with van der Waals surface area (Å²) in [4.78, 5) is 12.7. The lowest BCUT2D eigenvalue weighted by atomic mass is 9.95. The molecule has 0 spiro atoms. The number of hydrogen-bond acceptors (Lipinski definition) is 8. The molecule has 1 atom stereocenters. The number of methoxy groups -OCH3 is 1. The molecular weight excluding hydrogens is 442 g/mol. The van der Waals surface area contributed by atoms with Gasteiger partial charge in [0.05, 0.1) is 32.1 Å². The molecule has 0 saturated carbocycles. The predicted molar refractivity (Wildman–Crippen MR) is 125 cm³/mol. The molecule has 0 aliphatic carbocycles. The summed E-state index contributed by atoms with van der Waals surface area (Å²) < 4.78 is 22.4. The molecule has 0 radical (unpaired) electrons. The van der Waals surface area contributed by atoms with Crippen LogP contribution in [0.4, 0.5) is 0 Å². The van der Waals surface area contributed by atoms with Crippen LogP contribution in [0.2, 0.25) is 0 Å². The van der Waals surface area contributed by atoms with E-state index in [1.807, 2.05) is 42.5 Å². The van der Waals surface area contributed by atoms with Crippen molar-refractivity contribution in [2.45, 2.75) is 31.5 Å². The molecule has 33 heavy (non-hydrogen) atoms. The van der Waals surface area contributed by atoms with Gasteiger partial charge in [-0.25, -0.2) is 0 Å². The molecule has 1 aromatic heterocycles. The SMILES string of the molecule is COc1ccc(-c2nnc(SCC(=O)NC(c3ccc4c(c3)OCCCO4)C(C)C)o2)cc1. The van der Waals surface area contributed by atoms with E-state index in [1.54, 1.807) is 7.11 Å². The van der Waals surface area contributed by atoms with Crippen molar-refractivity contribution in [1.29, 1.82) is 0 Å². The number of ether oxygens (including phenoxy) is 3. The summed E-state index contributed by atoms with van der Waals surface area (Å²) in [6.45, 7) is 5.40. The highest BCUT2D eigenvalue weighted by atomic mass is 32.2. The monoisotopic (exact) mass is 469 g/mol. The summed E-state index contributed by atoms with van der Waals surface area (Å²) in [5.41, 5.74) is 1.76. The second-order valence-electron chi connectivity index (χ2n) is 7.94. The van der Waals surface area contributed by atoms with E-state index in [0.29, 0.717) is 24.3 Å². The molecule has 1 amide bonds. The van der Waals surface area contributed by atoms with Gasteiger partial charge in [0.25, 0.3) is 5.22 Å². The van der Waals surface area contributed by atoms with Crippen molar-refractivity contribution in [3.63, 3.8) is 0 Å². The lowest BCUT2D eigenvalue weighted by Gasteiger charge is -2.23. The van der Waals surface area contributed by atoms with Crippen molar-refractivity contribution < 1.29 is 23.4 Å². The molecule has 3 aromatic rings. The van der Waals surface area contributed by atoms with Gasteiger partial charge in [-0.3, -0.25) is 4.79 Å². The zero-order chi connectivity index (χ0) is 23.2. The summed E-state index contributed by atoms with van der Waals surface area (Å²) in [5.74, 6) is 2.84. The first-order valence-electron chi connectivity index (χ1n) is 10.8. The normalized spacial score (nSPS) is 13.9. The molecule has 2 aromatic carbocycles. The lowest BCUT2D eigenvalue weighted by Crippen LogP contribution is -2.33. The third kappa shape index (κ3) is 5.78. The topological polar surface area (TPSA) is 95.7 Å². The molecule has 1 aliphatic rings. The molecule has 174 valence electrons. The Labute approximate surface area is 197 Å². The fourth-order valence-electron chi connectivity index (χ4n) is 3.47. The molecule has 1 N–H and O–H groups in total. The Kier molecular flexibility index (Phi) is 7.39. The summed E-state index contributed by atoms with van der Waals surface area (Å²) in [5, 5.41) is 11.6. The second kappa shape index (κ2) is 10.6. The van der Waals surface area contributed by atoms with Crippen molar-refractivity contribution in [3.05, 3.63) is 48.0 Å². The van der Waals surface area contributed by atoms with Gasteiger partial charge in [-0.2, -0.15) is 0 Å².